The molecular formula is C19H15N3O6. The molecule has 0 radical (unpaired) electrons. The molecular weight excluding hydrogens is 366 g/mol. The molecule has 0 fully saturated rings. The van der Waals surface area contributed by atoms with Gasteiger partial charge in [-0.05, 0) is 31.2 Å². The molecule has 142 valence electrons. The molecule has 28 heavy (non-hydrogen) atoms. The average molecular weight is 381 g/mol. The smallest absolute Gasteiger partial charge is 0.345 e. The Morgan fingerprint density at radius 1 is 1.21 bits per heavy atom. The molecule has 0 atom stereocenters. The van der Waals surface area contributed by atoms with E-state index in [0.29, 0.717) is 11.3 Å². The van der Waals surface area contributed by atoms with Crippen LogP contribution in [0.3, 0.4) is 0 Å². The van der Waals surface area contributed by atoms with Gasteiger partial charge in [-0.15, -0.1) is 0 Å². The molecule has 0 bridgehead atoms. The molecule has 0 saturated carbocycles. The number of nitrogens with zero attached hydrogens (tertiary/aromatic N) is 2. The van der Waals surface area contributed by atoms with E-state index in [1.807, 2.05) is 6.07 Å². The second-order valence-corrected chi connectivity index (χ2v) is 5.76. The molecule has 0 aliphatic rings. The van der Waals surface area contributed by atoms with Crippen molar-refractivity contribution in [3.63, 3.8) is 0 Å². The van der Waals surface area contributed by atoms with E-state index in [4.69, 9.17) is 9.15 Å². The lowest BCUT2D eigenvalue weighted by atomic mass is 10.1. The first-order chi connectivity index (χ1) is 13.4. The van der Waals surface area contributed by atoms with Gasteiger partial charge in [-0.2, -0.15) is 5.10 Å². The summed E-state index contributed by atoms with van der Waals surface area (Å²) in [7, 11) is 0. The molecule has 1 heterocycles. The minimum Gasteiger partial charge on any atom is -0.484 e. The zero-order chi connectivity index (χ0) is 20.1. The van der Waals surface area contributed by atoms with Crippen molar-refractivity contribution in [2.75, 3.05) is 6.61 Å². The summed E-state index contributed by atoms with van der Waals surface area (Å²) in [5, 5.41) is 15.2. The second kappa shape index (κ2) is 8.12. The van der Waals surface area contributed by atoms with Gasteiger partial charge < -0.3 is 9.15 Å². The van der Waals surface area contributed by atoms with Gasteiger partial charge in [0.1, 0.15) is 11.3 Å². The van der Waals surface area contributed by atoms with Crippen molar-refractivity contribution in [1.29, 1.82) is 0 Å². The van der Waals surface area contributed by atoms with Crippen LogP contribution in [0.4, 0.5) is 5.69 Å². The van der Waals surface area contributed by atoms with Crippen molar-refractivity contribution in [3.05, 3.63) is 80.7 Å². The topological polar surface area (TPSA) is 124 Å². The number of hydrogen-bond acceptors (Lipinski definition) is 7. The number of nitrogens with one attached hydrogen (secondary N) is 1. The van der Waals surface area contributed by atoms with Crippen molar-refractivity contribution in [3.8, 4) is 5.75 Å². The number of para-hydroxylation sites is 1. The highest BCUT2D eigenvalue weighted by atomic mass is 16.6. The van der Waals surface area contributed by atoms with Crippen LogP contribution in [0.25, 0.3) is 11.0 Å². The highest BCUT2D eigenvalue weighted by Crippen LogP contribution is 2.17. The van der Waals surface area contributed by atoms with Gasteiger partial charge in [0.15, 0.2) is 6.61 Å². The van der Waals surface area contributed by atoms with Gasteiger partial charge in [-0.1, -0.05) is 18.2 Å². The summed E-state index contributed by atoms with van der Waals surface area (Å²) in [5.74, 6) is -0.250. The maximum atomic E-state index is 12.1. The number of ether oxygens (including phenoxy) is 1. The Morgan fingerprint density at radius 2 is 1.93 bits per heavy atom. The molecule has 9 nitrogen and oxygen atoms in total. The highest BCUT2D eigenvalue weighted by Gasteiger charge is 2.10. The van der Waals surface area contributed by atoms with Crippen molar-refractivity contribution < 1.29 is 18.9 Å². The number of nitro benzene ring substituents is 1. The van der Waals surface area contributed by atoms with Crippen LogP contribution < -0.4 is 15.8 Å². The zero-order valence-corrected chi connectivity index (χ0v) is 14.7. The average Bonchev–Trinajstić information content (AvgIpc) is 2.70. The van der Waals surface area contributed by atoms with Gasteiger partial charge in [-0.25, -0.2) is 10.2 Å². The molecule has 0 aliphatic carbocycles. The third kappa shape index (κ3) is 4.39. The number of amides is 1. The molecule has 0 aliphatic heterocycles. The Bertz CT molecular complexity index is 1120. The fourth-order valence-corrected chi connectivity index (χ4v) is 2.37. The number of carbonyl (C=O) groups excluding carboxylic acids is 1. The molecule has 1 N–H and O–H groups in total. The Balaban J connectivity index is 1.62. The SMILES string of the molecule is C/C(=N\NC(=O)COc1ccc([N+](=O)[O-])cc1)c1cc2ccccc2oc1=O. The normalized spacial score (nSPS) is 11.2. The van der Waals surface area contributed by atoms with Crippen molar-refractivity contribution in [2.24, 2.45) is 5.10 Å². The van der Waals surface area contributed by atoms with Crippen LogP contribution in [0.15, 0.2) is 68.9 Å². The number of rotatable bonds is 6. The van der Waals surface area contributed by atoms with Gasteiger partial charge in [0.2, 0.25) is 0 Å². The van der Waals surface area contributed by atoms with Crippen LogP contribution in [0.2, 0.25) is 0 Å². The zero-order valence-electron chi connectivity index (χ0n) is 14.7. The number of fused-ring (bicyclic) bond motifs is 1. The van der Waals surface area contributed by atoms with Gasteiger partial charge >= 0.3 is 5.63 Å². The molecule has 0 unspecified atom stereocenters. The second-order valence-electron chi connectivity index (χ2n) is 5.76. The number of carbonyl (C=O) groups is 1. The molecule has 2 aromatic carbocycles. The first-order valence-electron chi connectivity index (χ1n) is 8.17. The fourth-order valence-electron chi connectivity index (χ4n) is 2.37. The number of hydrogen-bond donors (Lipinski definition) is 1. The predicted octanol–water partition coefficient (Wildman–Crippen LogP) is 2.62. The number of benzene rings is 2. The summed E-state index contributed by atoms with van der Waals surface area (Å²) < 4.78 is 10.5. The van der Waals surface area contributed by atoms with Crippen LogP contribution in [-0.2, 0) is 4.79 Å². The lowest BCUT2D eigenvalue weighted by molar-refractivity contribution is -0.384. The summed E-state index contributed by atoms with van der Waals surface area (Å²) in [5.41, 5.74) is 2.63. The van der Waals surface area contributed by atoms with Crippen LogP contribution in [0.5, 0.6) is 5.75 Å². The number of hydrazone groups is 1. The molecule has 9 heteroatoms. The van der Waals surface area contributed by atoms with Crippen molar-refractivity contribution in [2.45, 2.75) is 6.92 Å². The van der Waals surface area contributed by atoms with E-state index in [1.54, 1.807) is 31.2 Å². The lowest BCUT2D eigenvalue weighted by Gasteiger charge is -2.06. The Labute approximate surface area is 158 Å². The van der Waals surface area contributed by atoms with Gasteiger partial charge in [-0.3, -0.25) is 14.9 Å². The summed E-state index contributed by atoms with van der Waals surface area (Å²) in [6.45, 7) is 1.22. The van der Waals surface area contributed by atoms with E-state index >= 15 is 0 Å². The molecule has 0 spiro atoms. The van der Waals surface area contributed by atoms with Gasteiger partial charge in [0.05, 0.1) is 16.2 Å². The van der Waals surface area contributed by atoms with E-state index in [2.05, 4.69) is 10.5 Å². The summed E-state index contributed by atoms with van der Waals surface area (Å²) in [4.78, 5) is 34.0. The molecule has 3 aromatic rings. The Hall–Kier alpha value is -4.01. The van der Waals surface area contributed by atoms with Crippen molar-refractivity contribution >= 4 is 28.3 Å². The number of nitro groups is 1. The van der Waals surface area contributed by atoms with E-state index in [0.717, 1.165) is 5.39 Å². The maximum Gasteiger partial charge on any atom is 0.345 e. The minimum atomic E-state index is -0.559. The molecule has 3 rings (SSSR count). The lowest BCUT2D eigenvalue weighted by Crippen LogP contribution is -2.26. The fraction of sp³-hybridized carbons (Fsp3) is 0.105. The van der Waals surface area contributed by atoms with E-state index in [9.17, 15) is 19.7 Å². The third-order valence-corrected chi connectivity index (χ3v) is 3.80. The van der Waals surface area contributed by atoms with Crippen LogP contribution in [0, 0.1) is 10.1 Å². The van der Waals surface area contributed by atoms with E-state index in [1.165, 1.54) is 24.3 Å². The molecule has 1 aromatic heterocycles. The highest BCUT2D eigenvalue weighted by molar-refractivity contribution is 6.00. The first kappa shape index (κ1) is 18.8. The van der Waals surface area contributed by atoms with Crippen molar-refractivity contribution in [1.82, 2.24) is 5.43 Å². The van der Waals surface area contributed by atoms with Gasteiger partial charge in [0, 0.05) is 17.5 Å². The quantitative estimate of drug-likeness (QED) is 0.303. The number of non-ortho nitro benzene ring substituents is 1. The van der Waals surface area contributed by atoms with E-state index in [-0.39, 0.29) is 23.6 Å². The summed E-state index contributed by atoms with van der Waals surface area (Å²) in [6.07, 6.45) is 0. The standard InChI is InChI=1S/C19H15N3O6/c1-12(16-10-13-4-2-3-5-17(13)28-19(16)24)20-21-18(23)11-27-15-8-6-14(7-9-15)22(25)26/h2-10H,11H2,1H3,(H,21,23)/b20-12+. The Kier molecular flexibility index (Phi) is 5.45. The van der Waals surface area contributed by atoms with Crippen LogP contribution in [0.1, 0.15) is 12.5 Å². The third-order valence-electron chi connectivity index (χ3n) is 3.80. The summed E-state index contributed by atoms with van der Waals surface area (Å²) >= 11 is 0. The van der Waals surface area contributed by atoms with E-state index < -0.39 is 16.5 Å². The largest absolute Gasteiger partial charge is 0.484 e. The predicted molar refractivity (Wildman–Crippen MR) is 101 cm³/mol. The molecule has 1 amide bonds. The minimum absolute atomic E-state index is 0.0776. The summed E-state index contributed by atoms with van der Waals surface area (Å²) in [6, 6.07) is 14.0. The maximum absolute atomic E-state index is 12.1. The van der Waals surface area contributed by atoms with Gasteiger partial charge in [0.25, 0.3) is 11.6 Å². The monoisotopic (exact) mass is 381 g/mol. The first-order valence-corrected chi connectivity index (χ1v) is 8.17. The van der Waals surface area contributed by atoms with Crippen LogP contribution in [-0.4, -0.2) is 23.1 Å². The Morgan fingerprint density at radius 3 is 2.64 bits per heavy atom. The molecule has 0 saturated heterocycles. The van der Waals surface area contributed by atoms with Crippen LogP contribution >= 0.6 is 0 Å².